The SMILES string of the molecule is C=C(C)COC(=O)c1ccc2c(c1)S(=O)(=O)N=C1CCCCCN12. The lowest BCUT2D eigenvalue weighted by atomic mass is 10.2. The lowest BCUT2D eigenvalue weighted by molar-refractivity contribution is 0.0540. The highest BCUT2D eigenvalue weighted by Gasteiger charge is 2.32. The fraction of sp³-hybridized carbons (Fsp3) is 0.412. The van der Waals surface area contributed by atoms with Crippen molar-refractivity contribution in [1.82, 2.24) is 0 Å². The van der Waals surface area contributed by atoms with E-state index < -0.39 is 16.0 Å². The molecule has 3 rings (SSSR count). The number of rotatable bonds is 3. The van der Waals surface area contributed by atoms with Crippen LogP contribution >= 0.6 is 0 Å². The van der Waals surface area contributed by atoms with Gasteiger partial charge in [-0.2, -0.15) is 8.42 Å². The van der Waals surface area contributed by atoms with Crippen molar-refractivity contribution in [1.29, 1.82) is 0 Å². The molecule has 0 amide bonds. The summed E-state index contributed by atoms with van der Waals surface area (Å²) in [5.74, 6) is 0.0271. The summed E-state index contributed by atoms with van der Waals surface area (Å²) in [7, 11) is -3.79. The molecule has 128 valence electrons. The number of hydrogen-bond donors (Lipinski definition) is 0. The predicted octanol–water partition coefficient (Wildman–Crippen LogP) is 2.90. The van der Waals surface area contributed by atoms with E-state index >= 15 is 0 Å². The normalized spacial score (nSPS) is 18.7. The lowest BCUT2D eigenvalue weighted by Gasteiger charge is -2.29. The number of ether oxygens (including phenoxy) is 1. The van der Waals surface area contributed by atoms with E-state index in [9.17, 15) is 13.2 Å². The summed E-state index contributed by atoms with van der Waals surface area (Å²) in [5, 5.41) is 0. The van der Waals surface area contributed by atoms with Crippen molar-refractivity contribution in [3.05, 3.63) is 35.9 Å². The molecule has 0 aliphatic carbocycles. The molecule has 0 unspecified atom stereocenters. The summed E-state index contributed by atoms with van der Waals surface area (Å²) >= 11 is 0. The molecule has 7 heteroatoms. The Bertz CT molecular complexity index is 827. The number of benzene rings is 1. The Kier molecular flexibility index (Phi) is 4.45. The molecule has 2 aliphatic heterocycles. The number of carbonyl (C=O) groups excluding carboxylic acids is 1. The smallest absolute Gasteiger partial charge is 0.338 e. The Morgan fingerprint density at radius 3 is 2.88 bits per heavy atom. The lowest BCUT2D eigenvalue weighted by Crippen LogP contribution is -2.35. The highest BCUT2D eigenvalue weighted by Crippen LogP contribution is 2.35. The van der Waals surface area contributed by atoms with E-state index in [4.69, 9.17) is 4.74 Å². The Morgan fingerprint density at radius 1 is 1.33 bits per heavy atom. The summed E-state index contributed by atoms with van der Waals surface area (Å²) in [6.07, 6.45) is 3.63. The first-order valence-electron chi connectivity index (χ1n) is 7.95. The third-order valence-corrected chi connectivity index (χ3v) is 5.37. The Labute approximate surface area is 141 Å². The molecule has 0 bridgehead atoms. The van der Waals surface area contributed by atoms with E-state index in [2.05, 4.69) is 11.0 Å². The first-order chi connectivity index (χ1) is 11.4. The number of sulfonamides is 1. The second-order valence-corrected chi connectivity index (χ2v) is 7.73. The van der Waals surface area contributed by atoms with Gasteiger partial charge in [-0.15, -0.1) is 4.40 Å². The molecular weight excluding hydrogens is 328 g/mol. The molecule has 0 atom stereocenters. The van der Waals surface area contributed by atoms with Gasteiger partial charge in [0.2, 0.25) is 0 Å². The summed E-state index contributed by atoms with van der Waals surface area (Å²) in [5.41, 5.74) is 1.51. The minimum absolute atomic E-state index is 0.0675. The second-order valence-electron chi connectivity index (χ2n) is 6.16. The van der Waals surface area contributed by atoms with Crippen LogP contribution in [0.1, 0.15) is 43.0 Å². The van der Waals surface area contributed by atoms with Gasteiger partial charge in [0.15, 0.2) is 0 Å². The van der Waals surface area contributed by atoms with Crippen molar-refractivity contribution in [3.8, 4) is 0 Å². The van der Waals surface area contributed by atoms with Crippen LogP contribution in [0.2, 0.25) is 0 Å². The van der Waals surface area contributed by atoms with Gasteiger partial charge in [0.25, 0.3) is 10.0 Å². The van der Waals surface area contributed by atoms with E-state index in [0.717, 1.165) is 25.8 Å². The zero-order valence-corrected chi connectivity index (χ0v) is 14.4. The minimum Gasteiger partial charge on any atom is -0.458 e. The summed E-state index contributed by atoms with van der Waals surface area (Å²) in [4.78, 5) is 14.1. The zero-order chi connectivity index (χ0) is 17.3. The number of hydrogen-bond acceptors (Lipinski definition) is 5. The van der Waals surface area contributed by atoms with E-state index in [1.54, 1.807) is 19.1 Å². The van der Waals surface area contributed by atoms with Crippen molar-refractivity contribution in [2.45, 2.75) is 37.5 Å². The topological polar surface area (TPSA) is 76.0 Å². The Balaban J connectivity index is 1.98. The van der Waals surface area contributed by atoms with Gasteiger partial charge in [0, 0.05) is 13.0 Å². The number of amidine groups is 1. The van der Waals surface area contributed by atoms with E-state index in [1.165, 1.54) is 6.07 Å². The second kappa shape index (κ2) is 6.39. The molecule has 2 aliphatic rings. The zero-order valence-electron chi connectivity index (χ0n) is 13.6. The molecule has 6 nitrogen and oxygen atoms in total. The molecule has 0 N–H and O–H groups in total. The first-order valence-corrected chi connectivity index (χ1v) is 9.39. The van der Waals surface area contributed by atoms with Crippen molar-refractivity contribution in [2.24, 2.45) is 4.40 Å². The molecule has 1 aromatic carbocycles. The number of fused-ring (bicyclic) bond motifs is 3. The number of nitrogens with zero attached hydrogens (tertiary/aromatic N) is 2. The maximum absolute atomic E-state index is 12.5. The summed E-state index contributed by atoms with van der Waals surface area (Å²) in [6.45, 7) is 6.27. The van der Waals surface area contributed by atoms with Gasteiger partial charge < -0.3 is 9.64 Å². The molecule has 1 saturated heterocycles. The Hall–Kier alpha value is -2.15. The highest BCUT2D eigenvalue weighted by molar-refractivity contribution is 7.90. The van der Waals surface area contributed by atoms with Crippen LogP contribution in [0, 0.1) is 0 Å². The van der Waals surface area contributed by atoms with Gasteiger partial charge in [-0.3, -0.25) is 0 Å². The molecular formula is C17H20N2O4S. The first kappa shape index (κ1) is 16.7. The van der Waals surface area contributed by atoms with Crippen molar-refractivity contribution in [3.63, 3.8) is 0 Å². The van der Waals surface area contributed by atoms with Crippen LogP contribution in [0.15, 0.2) is 39.6 Å². The molecule has 2 heterocycles. The van der Waals surface area contributed by atoms with Gasteiger partial charge >= 0.3 is 5.97 Å². The highest BCUT2D eigenvalue weighted by atomic mass is 32.2. The van der Waals surface area contributed by atoms with Crippen LogP contribution in [-0.4, -0.2) is 33.4 Å². The van der Waals surface area contributed by atoms with Crippen LogP contribution in [-0.2, 0) is 14.8 Å². The largest absolute Gasteiger partial charge is 0.458 e. The van der Waals surface area contributed by atoms with Crippen LogP contribution in [0.25, 0.3) is 0 Å². The number of anilines is 1. The molecule has 0 saturated carbocycles. The van der Waals surface area contributed by atoms with Gasteiger partial charge in [0.1, 0.15) is 17.3 Å². The Morgan fingerprint density at radius 2 is 2.12 bits per heavy atom. The molecule has 24 heavy (non-hydrogen) atoms. The fourth-order valence-electron chi connectivity index (χ4n) is 2.88. The van der Waals surface area contributed by atoms with Crippen LogP contribution in [0.5, 0.6) is 0 Å². The van der Waals surface area contributed by atoms with E-state index in [-0.39, 0.29) is 17.1 Å². The van der Waals surface area contributed by atoms with E-state index in [0.29, 0.717) is 23.5 Å². The summed E-state index contributed by atoms with van der Waals surface area (Å²) < 4.78 is 34.1. The molecule has 0 radical (unpaired) electrons. The van der Waals surface area contributed by atoms with Crippen LogP contribution in [0.4, 0.5) is 5.69 Å². The number of carbonyl (C=O) groups is 1. The van der Waals surface area contributed by atoms with Gasteiger partial charge in [-0.25, -0.2) is 4.79 Å². The van der Waals surface area contributed by atoms with Gasteiger partial charge in [0.05, 0.1) is 11.3 Å². The quantitative estimate of drug-likeness (QED) is 0.620. The molecule has 1 fully saturated rings. The predicted molar refractivity (Wildman–Crippen MR) is 92.0 cm³/mol. The van der Waals surface area contributed by atoms with Crippen molar-refractivity contribution < 1.29 is 17.9 Å². The third kappa shape index (κ3) is 3.21. The van der Waals surface area contributed by atoms with Gasteiger partial charge in [-0.05, 0) is 43.5 Å². The maximum atomic E-state index is 12.5. The van der Waals surface area contributed by atoms with Crippen molar-refractivity contribution >= 4 is 27.5 Å². The van der Waals surface area contributed by atoms with Crippen molar-refractivity contribution in [2.75, 3.05) is 18.1 Å². The molecule has 1 aromatic rings. The van der Waals surface area contributed by atoms with E-state index in [1.807, 2.05) is 4.90 Å². The standard InChI is InChI=1S/C17H20N2O4S/c1-12(2)11-23-17(20)13-7-8-14-15(10-13)24(21,22)18-16-6-4-3-5-9-19(14)16/h7-8,10H,1,3-6,9,11H2,2H3. The number of esters is 1. The summed E-state index contributed by atoms with van der Waals surface area (Å²) in [6, 6.07) is 4.63. The molecule has 0 spiro atoms. The minimum atomic E-state index is -3.79. The monoisotopic (exact) mass is 348 g/mol. The average molecular weight is 348 g/mol. The fourth-order valence-corrected chi connectivity index (χ4v) is 4.16. The maximum Gasteiger partial charge on any atom is 0.338 e. The third-order valence-electron chi connectivity index (χ3n) is 4.03. The average Bonchev–Trinajstić information content (AvgIpc) is 2.77. The van der Waals surface area contributed by atoms with Gasteiger partial charge in [-0.1, -0.05) is 13.0 Å². The van der Waals surface area contributed by atoms with Crippen LogP contribution < -0.4 is 4.90 Å². The molecule has 0 aromatic heterocycles. The van der Waals surface area contributed by atoms with Crippen LogP contribution in [0.3, 0.4) is 0 Å².